The number of amides is 1. The van der Waals surface area contributed by atoms with Crippen molar-refractivity contribution in [3.63, 3.8) is 0 Å². The Balaban J connectivity index is 4.17. The number of nitrogens with zero attached hydrogens (tertiary/aromatic N) is 1. The Morgan fingerprint density at radius 3 is 2.41 bits per heavy atom. The summed E-state index contributed by atoms with van der Waals surface area (Å²) in [6.07, 6.45) is 1.20. The van der Waals surface area contributed by atoms with Crippen LogP contribution >= 0.6 is 0 Å². The number of hydrogen-bond donors (Lipinski definition) is 1. The van der Waals surface area contributed by atoms with Crippen LogP contribution < -0.4 is 0 Å². The Morgan fingerprint density at radius 1 is 1.29 bits per heavy atom. The quantitative estimate of drug-likeness (QED) is 0.623. The third-order valence-electron chi connectivity index (χ3n) is 2.31. The van der Waals surface area contributed by atoms with E-state index in [-0.39, 0.29) is 24.8 Å². The Hall–Kier alpha value is -1.10. The van der Waals surface area contributed by atoms with E-state index in [9.17, 15) is 9.59 Å². The highest BCUT2D eigenvalue weighted by atomic mass is 16.5. The van der Waals surface area contributed by atoms with E-state index in [1.54, 1.807) is 12.0 Å². The van der Waals surface area contributed by atoms with Crippen LogP contribution in [0.2, 0.25) is 0 Å². The Labute approximate surface area is 103 Å². The van der Waals surface area contributed by atoms with Crippen molar-refractivity contribution in [1.29, 1.82) is 0 Å². The Kier molecular flexibility index (Phi) is 8.40. The van der Waals surface area contributed by atoms with Gasteiger partial charge in [0.2, 0.25) is 5.91 Å². The van der Waals surface area contributed by atoms with E-state index in [0.717, 1.165) is 6.42 Å². The van der Waals surface area contributed by atoms with Gasteiger partial charge in [-0.2, -0.15) is 0 Å². The van der Waals surface area contributed by atoms with Crippen molar-refractivity contribution < 1.29 is 19.4 Å². The summed E-state index contributed by atoms with van der Waals surface area (Å²) in [6.45, 7) is 5.38. The van der Waals surface area contributed by atoms with Crippen LogP contribution in [-0.4, -0.2) is 48.7 Å². The molecule has 0 bridgehead atoms. The van der Waals surface area contributed by atoms with E-state index in [1.807, 2.05) is 13.8 Å². The highest BCUT2D eigenvalue weighted by Gasteiger charge is 2.15. The van der Waals surface area contributed by atoms with Crippen molar-refractivity contribution in [3.05, 3.63) is 0 Å². The van der Waals surface area contributed by atoms with E-state index in [2.05, 4.69) is 0 Å². The van der Waals surface area contributed by atoms with Gasteiger partial charge in [-0.25, -0.2) is 0 Å². The normalized spacial score (nSPS) is 10.6. The molecule has 0 rings (SSSR count). The number of carboxylic acids is 1. The fraction of sp³-hybridized carbons (Fsp3) is 0.833. The van der Waals surface area contributed by atoms with Crippen LogP contribution in [0, 0.1) is 5.92 Å². The minimum Gasteiger partial charge on any atom is -0.481 e. The highest BCUT2D eigenvalue weighted by Crippen LogP contribution is 2.06. The molecule has 0 aliphatic heterocycles. The van der Waals surface area contributed by atoms with Gasteiger partial charge in [0.15, 0.2) is 0 Å². The second-order valence-electron chi connectivity index (χ2n) is 4.47. The molecule has 1 amide bonds. The maximum Gasteiger partial charge on any atom is 0.305 e. The van der Waals surface area contributed by atoms with Crippen molar-refractivity contribution >= 4 is 11.9 Å². The molecule has 0 unspecified atom stereocenters. The lowest BCUT2D eigenvalue weighted by atomic mass is 10.1. The Morgan fingerprint density at radius 2 is 1.94 bits per heavy atom. The molecule has 0 fully saturated rings. The predicted molar refractivity (Wildman–Crippen MR) is 64.8 cm³/mol. The molecule has 0 aliphatic rings. The summed E-state index contributed by atoms with van der Waals surface area (Å²) < 4.78 is 4.92. The molecule has 5 nitrogen and oxygen atoms in total. The van der Waals surface area contributed by atoms with Gasteiger partial charge in [0.25, 0.3) is 0 Å². The van der Waals surface area contributed by atoms with Crippen LogP contribution in [0.15, 0.2) is 0 Å². The number of ether oxygens (including phenoxy) is 1. The second kappa shape index (κ2) is 8.98. The first-order valence-electron chi connectivity index (χ1n) is 5.95. The highest BCUT2D eigenvalue weighted by molar-refractivity contribution is 5.77. The zero-order valence-electron chi connectivity index (χ0n) is 10.9. The van der Waals surface area contributed by atoms with Gasteiger partial charge in [0.05, 0.1) is 6.42 Å². The first-order valence-corrected chi connectivity index (χ1v) is 5.95. The summed E-state index contributed by atoms with van der Waals surface area (Å²) in [5.41, 5.74) is 0. The topological polar surface area (TPSA) is 66.8 Å². The largest absolute Gasteiger partial charge is 0.481 e. The number of methoxy groups -OCH3 is 1. The van der Waals surface area contributed by atoms with Crippen molar-refractivity contribution in [1.82, 2.24) is 4.90 Å². The van der Waals surface area contributed by atoms with Crippen molar-refractivity contribution in [2.75, 3.05) is 26.8 Å². The molecule has 0 radical (unpaired) electrons. The predicted octanol–water partition coefficient (Wildman–Crippen LogP) is 1.37. The number of hydrogen-bond acceptors (Lipinski definition) is 3. The molecule has 0 aromatic heterocycles. The molecular formula is C12H23NO4. The Bertz CT molecular complexity index is 241. The molecule has 0 atom stereocenters. The molecule has 17 heavy (non-hydrogen) atoms. The molecule has 1 N–H and O–H groups in total. The summed E-state index contributed by atoms with van der Waals surface area (Å²) in [5.74, 6) is -0.561. The summed E-state index contributed by atoms with van der Waals surface area (Å²) in [5, 5.41) is 8.63. The monoisotopic (exact) mass is 245 g/mol. The molecule has 0 heterocycles. The molecule has 0 spiro atoms. The van der Waals surface area contributed by atoms with Crippen LogP contribution in [0.3, 0.4) is 0 Å². The fourth-order valence-corrected chi connectivity index (χ4v) is 1.47. The molecule has 100 valence electrons. The van der Waals surface area contributed by atoms with Crippen molar-refractivity contribution in [2.24, 2.45) is 5.92 Å². The molecule has 0 aromatic carbocycles. The van der Waals surface area contributed by atoms with Gasteiger partial charge >= 0.3 is 5.97 Å². The van der Waals surface area contributed by atoms with Gasteiger partial charge < -0.3 is 14.7 Å². The molecule has 5 heteroatoms. The standard InChI is InChI=1S/C12H23NO4/c1-10(2)9-11(14)13(6-4-8-17-3)7-5-12(15)16/h10H,4-9H2,1-3H3,(H,15,16). The van der Waals surface area contributed by atoms with Gasteiger partial charge in [-0.1, -0.05) is 13.8 Å². The smallest absolute Gasteiger partial charge is 0.305 e. The van der Waals surface area contributed by atoms with E-state index in [1.165, 1.54) is 0 Å². The van der Waals surface area contributed by atoms with Crippen LogP contribution in [0.4, 0.5) is 0 Å². The molecule has 0 saturated heterocycles. The van der Waals surface area contributed by atoms with E-state index < -0.39 is 5.97 Å². The average Bonchev–Trinajstić information content (AvgIpc) is 2.21. The van der Waals surface area contributed by atoms with E-state index in [0.29, 0.717) is 19.6 Å². The minimum atomic E-state index is -0.876. The van der Waals surface area contributed by atoms with Gasteiger partial charge in [0, 0.05) is 33.2 Å². The lowest BCUT2D eigenvalue weighted by molar-refractivity contribution is -0.138. The average molecular weight is 245 g/mol. The first-order chi connectivity index (χ1) is 7.97. The third-order valence-corrected chi connectivity index (χ3v) is 2.31. The maximum atomic E-state index is 11.9. The van der Waals surface area contributed by atoms with E-state index >= 15 is 0 Å². The first kappa shape index (κ1) is 15.9. The number of rotatable bonds is 9. The van der Waals surface area contributed by atoms with Gasteiger partial charge in [-0.15, -0.1) is 0 Å². The fourth-order valence-electron chi connectivity index (χ4n) is 1.47. The van der Waals surface area contributed by atoms with E-state index in [4.69, 9.17) is 9.84 Å². The molecule has 0 aliphatic carbocycles. The SMILES string of the molecule is COCCCN(CCC(=O)O)C(=O)CC(C)C. The third kappa shape index (κ3) is 8.68. The summed E-state index contributed by atoms with van der Waals surface area (Å²) in [4.78, 5) is 24.0. The van der Waals surface area contributed by atoms with Crippen LogP contribution in [-0.2, 0) is 14.3 Å². The zero-order chi connectivity index (χ0) is 13.3. The van der Waals surface area contributed by atoms with Crippen molar-refractivity contribution in [2.45, 2.75) is 33.1 Å². The number of carboxylic acid groups (broad SMARTS) is 1. The molecule has 0 saturated carbocycles. The number of aliphatic carboxylic acids is 1. The number of carbonyl (C=O) groups is 2. The summed E-state index contributed by atoms with van der Waals surface area (Å²) in [7, 11) is 1.61. The van der Waals surface area contributed by atoms with Crippen molar-refractivity contribution in [3.8, 4) is 0 Å². The second-order valence-corrected chi connectivity index (χ2v) is 4.47. The van der Waals surface area contributed by atoms with Crippen LogP contribution in [0.1, 0.15) is 33.1 Å². The minimum absolute atomic E-state index is 0.00316. The van der Waals surface area contributed by atoms with Gasteiger partial charge in [-0.05, 0) is 12.3 Å². The molecular weight excluding hydrogens is 222 g/mol. The molecule has 0 aromatic rings. The lowest BCUT2D eigenvalue weighted by Gasteiger charge is -2.22. The van der Waals surface area contributed by atoms with Crippen LogP contribution in [0.25, 0.3) is 0 Å². The van der Waals surface area contributed by atoms with Gasteiger partial charge in [0.1, 0.15) is 0 Å². The van der Waals surface area contributed by atoms with Crippen LogP contribution in [0.5, 0.6) is 0 Å². The zero-order valence-corrected chi connectivity index (χ0v) is 10.9. The maximum absolute atomic E-state index is 11.9. The summed E-state index contributed by atoms with van der Waals surface area (Å²) in [6, 6.07) is 0. The van der Waals surface area contributed by atoms with Gasteiger partial charge in [-0.3, -0.25) is 9.59 Å². The summed E-state index contributed by atoms with van der Waals surface area (Å²) >= 11 is 0. The number of carbonyl (C=O) groups excluding carboxylic acids is 1. The lowest BCUT2D eigenvalue weighted by Crippen LogP contribution is -2.35.